The molecule has 2 aromatic rings. The average molecular weight is 323 g/mol. The Labute approximate surface area is 134 Å². The maximum Gasteiger partial charge on any atom is 0.273 e. The summed E-state index contributed by atoms with van der Waals surface area (Å²) in [5.74, 6) is -0.370. The van der Waals surface area contributed by atoms with Crippen LogP contribution in [0.3, 0.4) is 0 Å². The summed E-state index contributed by atoms with van der Waals surface area (Å²) in [6.45, 7) is 5.60. The van der Waals surface area contributed by atoms with Gasteiger partial charge in [-0.25, -0.2) is 4.68 Å². The SMILES string of the molecule is CC(C)C(C)(O)CNC(=O)c1cn(-c2ccccc2Cl)nn1. The van der Waals surface area contributed by atoms with Gasteiger partial charge in [-0.2, -0.15) is 0 Å². The molecule has 0 saturated heterocycles. The second-order valence-corrected chi connectivity index (χ2v) is 6.10. The van der Waals surface area contributed by atoms with Gasteiger partial charge in [-0.05, 0) is 25.0 Å². The van der Waals surface area contributed by atoms with Gasteiger partial charge in [0.05, 0.1) is 22.5 Å². The zero-order valence-corrected chi connectivity index (χ0v) is 13.5. The van der Waals surface area contributed by atoms with Gasteiger partial charge in [0, 0.05) is 6.54 Å². The Balaban J connectivity index is 2.09. The van der Waals surface area contributed by atoms with Gasteiger partial charge in [0.2, 0.25) is 0 Å². The molecule has 7 heteroatoms. The highest BCUT2D eigenvalue weighted by molar-refractivity contribution is 6.32. The minimum Gasteiger partial charge on any atom is -0.388 e. The molecule has 22 heavy (non-hydrogen) atoms. The number of halogens is 1. The van der Waals surface area contributed by atoms with Crippen molar-refractivity contribution >= 4 is 17.5 Å². The van der Waals surface area contributed by atoms with E-state index in [9.17, 15) is 9.90 Å². The van der Waals surface area contributed by atoms with Crippen LogP contribution >= 0.6 is 11.6 Å². The minimum absolute atomic E-state index is 0.0200. The van der Waals surface area contributed by atoms with Gasteiger partial charge in [0.15, 0.2) is 5.69 Å². The van der Waals surface area contributed by atoms with Gasteiger partial charge < -0.3 is 10.4 Å². The van der Waals surface area contributed by atoms with Crippen LogP contribution in [0.1, 0.15) is 31.3 Å². The molecular formula is C15H19ClN4O2. The first-order valence-electron chi connectivity index (χ1n) is 6.99. The van der Waals surface area contributed by atoms with E-state index in [1.54, 1.807) is 19.1 Å². The standard InChI is InChI=1S/C15H19ClN4O2/c1-10(2)15(3,22)9-17-14(21)12-8-20(19-18-12)13-7-5-4-6-11(13)16/h4-8,10,22H,9H2,1-3H3,(H,17,21). The summed E-state index contributed by atoms with van der Waals surface area (Å²) in [6.07, 6.45) is 1.50. The maximum atomic E-state index is 12.1. The number of aromatic nitrogens is 3. The fourth-order valence-electron chi connectivity index (χ4n) is 1.68. The van der Waals surface area contributed by atoms with E-state index in [1.807, 2.05) is 26.0 Å². The van der Waals surface area contributed by atoms with Crippen molar-refractivity contribution in [1.29, 1.82) is 0 Å². The largest absolute Gasteiger partial charge is 0.388 e. The van der Waals surface area contributed by atoms with Crippen LogP contribution in [-0.2, 0) is 0 Å². The number of carbonyl (C=O) groups excluding carboxylic acids is 1. The molecule has 1 unspecified atom stereocenters. The molecule has 0 radical (unpaired) electrons. The third-order valence-corrected chi connectivity index (χ3v) is 4.00. The Bertz CT molecular complexity index is 667. The van der Waals surface area contributed by atoms with E-state index in [0.29, 0.717) is 10.7 Å². The summed E-state index contributed by atoms with van der Waals surface area (Å²) < 4.78 is 1.44. The number of benzene rings is 1. The number of hydrogen-bond acceptors (Lipinski definition) is 4. The summed E-state index contributed by atoms with van der Waals surface area (Å²) >= 11 is 6.08. The van der Waals surface area contributed by atoms with Crippen LogP contribution in [0.25, 0.3) is 5.69 Å². The van der Waals surface area contributed by atoms with Crippen LogP contribution in [0.5, 0.6) is 0 Å². The lowest BCUT2D eigenvalue weighted by molar-refractivity contribution is 0.0142. The van der Waals surface area contributed by atoms with Crippen molar-refractivity contribution in [2.24, 2.45) is 5.92 Å². The van der Waals surface area contributed by atoms with Crippen molar-refractivity contribution in [3.05, 3.63) is 41.2 Å². The van der Waals surface area contributed by atoms with Crippen molar-refractivity contribution in [3.8, 4) is 5.69 Å². The number of rotatable bonds is 5. The molecular weight excluding hydrogens is 304 g/mol. The van der Waals surface area contributed by atoms with E-state index in [-0.39, 0.29) is 24.1 Å². The smallest absolute Gasteiger partial charge is 0.273 e. The number of carbonyl (C=O) groups is 1. The highest BCUT2D eigenvalue weighted by Gasteiger charge is 2.26. The molecule has 0 bridgehead atoms. The Morgan fingerprint density at radius 3 is 2.77 bits per heavy atom. The highest BCUT2D eigenvalue weighted by Crippen LogP contribution is 2.19. The molecule has 118 valence electrons. The first-order valence-corrected chi connectivity index (χ1v) is 7.37. The van der Waals surface area contributed by atoms with Crippen molar-refractivity contribution in [1.82, 2.24) is 20.3 Å². The molecule has 0 aliphatic rings. The average Bonchev–Trinajstić information content (AvgIpc) is 2.95. The molecule has 6 nitrogen and oxygen atoms in total. The second kappa shape index (κ2) is 6.46. The van der Waals surface area contributed by atoms with Gasteiger partial charge >= 0.3 is 0 Å². The van der Waals surface area contributed by atoms with Crippen LogP contribution < -0.4 is 5.32 Å². The van der Waals surface area contributed by atoms with E-state index in [4.69, 9.17) is 11.6 Å². The second-order valence-electron chi connectivity index (χ2n) is 5.69. The third-order valence-electron chi connectivity index (χ3n) is 3.68. The number of para-hydroxylation sites is 1. The molecule has 0 saturated carbocycles. The first kappa shape index (κ1) is 16.5. The predicted octanol–water partition coefficient (Wildman–Crippen LogP) is 2.06. The van der Waals surface area contributed by atoms with E-state index in [0.717, 1.165) is 0 Å². The molecule has 0 spiro atoms. The van der Waals surface area contributed by atoms with Gasteiger partial charge in [-0.3, -0.25) is 4.79 Å². The summed E-state index contributed by atoms with van der Waals surface area (Å²) in [6, 6.07) is 7.15. The molecule has 0 aliphatic heterocycles. The molecule has 1 heterocycles. The summed E-state index contributed by atoms with van der Waals surface area (Å²) in [4.78, 5) is 12.1. The number of aliphatic hydroxyl groups is 1. The van der Waals surface area contributed by atoms with Gasteiger partial charge in [0.25, 0.3) is 5.91 Å². The molecule has 1 aromatic heterocycles. The van der Waals surface area contributed by atoms with Gasteiger partial charge in [-0.1, -0.05) is 42.8 Å². The summed E-state index contributed by atoms with van der Waals surface area (Å²) in [5.41, 5.74) is -0.168. The van der Waals surface area contributed by atoms with Crippen LogP contribution in [-0.4, -0.2) is 38.2 Å². The normalized spacial score (nSPS) is 13.9. The summed E-state index contributed by atoms with van der Waals surface area (Å²) in [7, 11) is 0. The number of nitrogens with one attached hydrogen (secondary N) is 1. The molecule has 1 atom stereocenters. The van der Waals surface area contributed by atoms with Crippen LogP contribution in [0.2, 0.25) is 5.02 Å². The molecule has 0 aliphatic carbocycles. The highest BCUT2D eigenvalue weighted by atomic mass is 35.5. The monoisotopic (exact) mass is 322 g/mol. The minimum atomic E-state index is -0.978. The lowest BCUT2D eigenvalue weighted by Crippen LogP contribution is -2.44. The zero-order chi connectivity index (χ0) is 16.3. The molecule has 2 rings (SSSR count). The van der Waals surface area contributed by atoms with Gasteiger partial charge in [-0.15, -0.1) is 5.10 Å². The lowest BCUT2D eigenvalue weighted by atomic mass is 9.92. The molecule has 2 N–H and O–H groups in total. The maximum absolute atomic E-state index is 12.1. The number of nitrogens with zero attached hydrogens (tertiary/aromatic N) is 3. The fourth-order valence-corrected chi connectivity index (χ4v) is 1.90. The quantitative estimate of drug-likeness (QED) is 0.883. The van der Waals surface area contributed by atoms with Crippen molar-refractivity contribution in [3.63, 3.8) is 0 Å². The summed E-state index contributed by atoms with van der Waals surface area (Å²) in [5, 5.41) is 21.1. The van der Waals surface area contributed by atoms with Gasteiger partial charge in [0.1, 0.15) is 0 Å². The Kier molecular flexibility index (Phi) is 4.83. The van der Waals surface area contributed by atoms with E-state index >= 15 is 0 Å². The predicted molar refractivity (Wildman–Crippen MR) is 84.2 cm³/mol. The first-order chi connectivity index (χ1) is 10.3. The fraction of sp³-hybridized carbons (Fsp3) is 0.400. The topological polar surface area (TPSA) is 80.0 Å². The van der Waals surface area contributed by atoms with Crippen molar-refractivity contribution in [2.75, 3.05) is 6.54 Å². The third kappa shape index (κ3) is 3.64. The van der Waals surface area contributed by atoms with E-state index in [2.05, 4.69) is 15.6 Å². The Hall–Kier alpha value is -1.92. The van der Waals surface area contributed by atoms with Crippen LogP contribution in [0.4, 0.5) is 0 Å². The molecule has 1 aromatic carbocycles. The van der Waals surface area contributed by atoms with Crippen LogP contribution in [0, 0.1) is 5.92 Å². The van der Waals surface area contributed by atoms with E-state index < -0.39 is 5.60 Å². The Morgan fingerprint density at radius 1 is 1.45 bits per heavy atom. The lowest BCUT2D eigenvalue weighted by Gasteiger charge is -2.27. The zero-order valence-electron chi connectivity index (χ0n) is 12.7. The van der Waals surface area contributed by atoms with Crippen molar-refractivity contribution < 1.29 is 9.90 Å². The molecule has 0 fully saturated rings. The Morgan fingerprint density at radius 2 is 2.14 bits per heavy atom. The number of amides is 1. The van der Waals surface area contributed by atoms with E-state index in [1.165, 1.54) is 10.9 Å². The number of hydrogen-bond donors (Lipinski definition) is 2. The van der Waals surface area contributed by atoms with Crippen molar-refractivity contribution in [2.45, 2.75) is 26.4 Å². The molecule has 1 amide bonds. The van der Waals surface area contributed by atoms with Crippen LogP contribution in [0.15, 0.2) is 30.5 Å².